The third kappa shape index (κ3) is 9.86. The summed E-state index contributed by atoms with van der Waals surface area (Å²) in [7, 11) is 0. The topological polar surface area (TPSA) is 88.4 Å². The van der Waals surface area contributed by atoms with Crippen molar-refractivity contribution < 1.29 is 55.9 Å². The third-order valence-corrected chi connectivity index (χ3v) is 16.7. The molecule has 12 bridgehead atoms. The Balaban J connectivity index is 0.000000131. The first-order chi connectivity index (χ1) is 26.2. The molecule has 3 N–H and O–H groups in total. The lowest BCUT2D eigenvalue weighted by Gasteiger charge is -2.63. The predicted molar refractivity (Wildman–Crippen MR) is 204 cm³/mol. The fraction of sp³-hybridized carbons (Fsp3) is 1.00. The summed E-state index contributed by atoms with van der Waals surface area (Å²) in [5.41, 5.74) is -1.48. The van der Waals surface area contributed by atoms with Gasteiger partial charge < -0.3 is 29.5 Å². The minimum atomic E-state index is -2.75. The lowest BCUT2D eigenvalue weighted by Crippen LogP contribution is -2.61. The molecule has 0 radical (unpaired) electrons. The number of rotatable bonds is 13. The summed E-state index contributed by atoms with van der Waals surface area (Å²) in [6, 6.07) is 0. The highest BCUT2D eigenvalue weighted by Crippen LogP contribution is 2.66. The highest BCUT2D eigenvalue weighted by atomic mass is 19.3. The smallest absolute Gasteiger partial charge is 0.268 e. The van der Waals surface area contributed by atoms with E-state index in [2.05, 4.69) is 6.92 Å². The van der Waals surface area contributed by atoms with Crippen LogP contribution in [0.1, 0.15) is 144 Å². The average Bonchev–Trinajstić information content (AvgIpc) is 3.03. The van der Waals surface area contributed by atoms with Crippen molar-refractivity contribution in [3.63, 3.8) is 0 Å². The van der Waals surface area contributed by atoms with Gasteiger partial charge in [0.05, 0.1) is 36.6 Å². The number of alkyl halides is 6. The molecule has 0 aliphatic heterocycles. The van der Waals surface area contributed by atoms with Crippen molar-refractivity contribution in [2.45, 2.75) is 178 Å². The summed E-state index contributed by atoms with van der Waals surface area (Å²) in [6.45, 7) is 6.56. The van der Waals surface area contributed by atoms with E-state index in [0.717, 1.165) is 124 Å². The zero-order valence-corrected chi connectivity index (χ0v) is 35.2. The van der Waals surface area contributed by atoms with Gasteiger partial charge in [0.15, 0.2) is 0 Å². The maximum absolute atomic E-state index is 12.9. The van der Waals surface area contributed by atoms with Gasteiger partial charge in [0.2, 0.25) is 0 Å². The van der Waals surface area contributed by atoms with Crippen LogP contribution in [-0.2, 0) is 14.2 Å². The van der Waals surface area contributed by atoms with Gasteiger partial charge in [-0.05, 0) is 180 Å². The zero-order valence-electron chi connectivity index (χ0n) is 35.2. The molecule has 0 heterocycles. The maximum atomic E-state index is 12.9. The minimum Gasteiger partial charge on any atom is -0.390 e. The molecule has 12 saturated carbocycles. The van der Waals surface area contributed by atoms with Gasteiger partial charge in [-0.1, -0.05) is 6.92 Å². The van der Waals surface area contributed by atoms with Crippen LogP contribution in [0.15, 0.2) is 0 Å². The van der Waals surface area contributed by atoms with Crippen LogP contribution in [0.5, 0.6) is 0 Å². The van der Waals surface area contributed by atoms with Gasteiger partial charge in [-0.2, -0.15) is 0 Å². The minimum absolute atomic E-state index is 0.0237. The molecule has 12 aliphatic carbocycles. The fourth-order valence-electron chi connectivity index (χ4n) is 15.4. The van der Waals surface area contributed by atoms with Crippen LogP contribution in [0.25, 0.3) is 0 Å². The molecule has 0 amide bonds. The number of aliphatic hydroxyl groups is 3. The Hall–Kier alpha value is -0.660. The summed E-state index contributed by atoms with van der Waals surface area (Å²) in [5.74, 6) is -4.35. The van der Waals surface area contributed by atoms with Crippen LogP contribution < -0.4 is 0 Å². The second-order valence-corrected chi connectivity index (χ2v) is 22.6. The third-order valence-electron chi connectivity index (χ3n) is 16.7. The average molecular weight is 823 g/mol. The highest BCUT2D eigenvalue weighted by Gasteiger charge is 2.62. The van der Waals surface area contributed by atoms with Crippen molar-refractivity contribution in [3.8, 4) is 0 Å². The molecule has 12 rings (SSSR count). The van der Waals surface area contributed by atoms with Crippen molar-refractivity contribution in [1.29, 1.82) is 0 Å². The Morgan fingerprint density at radius 2 is 0.842 bits per heavy atom. The Labute approximate surface area is 336 Å². The molecule has 12 fully saturated rings. The van der Waals surface area contributed by atoms with Crippen molar-refractivity contribution in [2.24, 2.45) is 63.6 Å². The van der Waals surface area contributed by atoms with E-state index >= 15 is 0 Å². The van der Waals surface area contributed by atoms with Crippen LogP contribution in [0.2, 0.25) is 0 Å². The molecule has 0 spiro atoms. The molecule has 6 atom stereocenters. The Kier molecular flexibility index (Phi) is 11.9. The summed E-state index contributed by atoms with van der Waals surface area (Å²) in [6.07, 6.45) is 17.2. The molecule has 0 saturated heterocycles. The lowest BCUT2D eigenvalue weighted by molar-refractivity contribution is -0.217. The summed E-state index contributed by atoms with van der Waals surface area (Å²) < 4.78 is 93.0. The molecule has 0 aromatic heterocycles. The molecule has 6 nitrogen and oxygen atoms in total. The van der Waals surface area contributed by atoms with Crippen molar-refractivity contribution in [2.75, 3.05) is 39.6 Å². The quantitative estimate of drug-likeness (QED) is 0.161. The SMILES string of the molecule is CC(F)(F)COCC12CC3CC(C1)C(C)(O)C(C3)C2.CC(F)(F)COCC12CC3CC(CC(O)(C3)C1)C2.CCC1(O)C2CC3CC1CC(COCC(C)(F)F)(C3)C2. The Bertz CT molecular complexity index is 1360. The van der Waals surface area contributed by atoms with E-state index in [1.165, 1.54) is 6.42 Å². The Morgan fingerprint density at radius 1 is 0.491 bits per heavy atom. The first-order valence-electron chi connectivity index (χ1n) is 22.3. The predicted octanol–water partition coefficient (Wildman–Crippen LogP) is 9.85. The lowest BCUT2D eigenvalue weighted by atomic mass is 9.44. The van der Waals surface area contributed by atoms with Gasteiger partial charge in [-0.15, -0.1) is 0 Å². The summed E-state index contributed by atoms with van der Waals surface area (Å²) >= 11 is 0. The monoisotopic (exact) mass is 823 g/mol. The van der Waals surface area contributed by atoms with Crippen molar-refractivity contribution >= 4 is 0 Å². The number of halogens is 6. The van der Waals surface area contributed by atoms with E-state index in [1.807, 2.05) is 6.92 Å². The maximum Gasteiger partial charge on any atom is 0.268 e. The molecule has 12 heteroatoms. The van der Waals surface area contributed by atoms with Crippen LogP contribution in [0.3, 0.4) is 0 Å². The molecule has 12 aliphatic rings. The standard InChI is InChI=1S/C16H26F2O2.C15H24F2O2.C14H22F2O2/c1-3-16(19)12-4-11-5-13(16)8-15(6-11,7-12)10-20-9-14(2,17)18;1-13(16,17)8-19-9-15-5-10-3-11(6-15)14(2,18)12(4-10)7-15;1-12(15,16)8-18-9-13-3-10-2-11(4-13)6-14(17,5-10)7-13/h11-13,19H,3-10H2,1-2H3;10-12,18H,3-9H2,1-2H3;10-11,17H,2-9H2,1H3. The van der Waals surface area contributed by atoms with E-state index < -0.39 is 54.4 Å². The molecule has 6 unspecified atom stereocenters. The molecule has 0 aromatic rings. The van der Waals surface area contributed by atoms with Gasteiger partial charge in [0, 0.05) is 20.8 Å². The largest absolute Gasteiger partial charge is 0.390 e. The highest BCUT2D eigenvalue weighted by molar-refractivity contribution is 5.12. The first-order valence-corrected chi connectivity index (χ1v) is 22.3. The molecular weight excluding hydrogens is 750 g/mol. The van der Waals surface area contributed by atoms with Crippen LogP contribution >= 0.6 is 0 Å². The van der Waals surface area contributed by atoms with E-state index in [1.54, 1.807) is 0 Å². The fourth-order valence-corrected chi connectivity index (χ4v) is 15.4. The summed E-state index contributed by atoms with van der Waals surface area (Å²) in [4.78, 5) is 0. The molecule has 330 valence electrons. The van der Waals surface area contributed by atoms with Crippen LogP contribution in [-0.4, -0.2) is 89.5 Å². The molecule has 57 heavy (non-hydrogen) atoms. The number of hydrogen-bond donors (Lipinski definition) is 3. The molecular formula is C45H72F6O6. The van der Waals surface area contributed by atoms with E-state index in [-0.39, 0.29) is 16.2 Å². The van der Waals surface area contributed by atoms with E-state index in [0.29, 0.717) is 67.2 Å². The van der Waals surface area contributed by atoms with Crippen LogP contribution in [0.4, 0.5) is 26.3 Å². The number of ether oxygens (including phenoxy) is 3. The zero-order chi connectivity index (χ0) is 41.5. The van der Waals surface area contributed by atoms with Crippen LogP contribution in [0, 0.1) is 63.6 Å². The summed E-state index contributed by atoms with van der Waals surface area (Å²) in [5, 5.41) is 32.0. The first kappa shape index (κ1) is 44.4. The van der Waals surface area contributed by atoms with Gasteiger partial charge >= 0.3 is 0 Å². The second kappa shape index (κ2) is 15.3. The molecule has 0 aromatic carbocycles. The Morgan fingerprint density at radius 3 is 1.21 bits per heavy atom. The normalized spacial score (nSPS) is 47.5. The van der Waals surface area contributed by atoms with Gasteiger partial charge in [0.1, 0.15) is 19.8 Å². The van der Waals surface area contributed by atoms with E-state index in [9.17, 15) is 41.7 Å². The van der Waals surface area contributed by atoms with Gasteiger partial charge in [0.25, 0.3) is 17.8 Å². The van der Waals surface area contributed by atoms with Crippen molar-refractivity contribution in [3.05, 3.63) is 0 Å². The number of hydrogen-bond acceptors (Lipinski definition) is 6. The van der Waals surface area contributed by atoms with E-state index in [4.69, 9.17) is 14.2 Å². The van der Waals surface area contributed by atoms with Crippen molar-refractivity contribution in [1.82, 2.24) is 0 Å². The second-order valence-electron chi connectivity index (χ2n) is 22.6. The van der Waals surface area contributed by atoms with Gasteiger partial charge in [-0.3, -0.25) is 0 Å². The van der Waals surface area contributed by atoms with Gasteiger partial charge in [-0.25, -0.2) is 26.3 Å².